The normalized spacial score (nSPS) is 10.6. The molecule has 0 aliphatic heterocycles. The van der Waals surface area contributed by atoms with Crippen LogP contribution >= 0.6 is 0 Å². The van der Waals surface area contributed by atoms with Crippen LogP contribution in [0.4, 0.5) is 16.2 Å². The zero-order valence-corrected chi connectivity index (χ0v) is 13.9. The van der Waals surface area contributed by atoms with Gasteiger partial charge in [-0.3, -0.25) is 0 Å². The van der Waals surface area contributed by atoms with Gasteiger partial charge in [-0.2, -0.15) is 9.89 Å². The molecule has 4 rings (SSSR count). The molecule has 0 spiro atoms. The highest BCUT2D eigenvalue weighted by atomic mass is 16.2. The smallest absolute Gasteiger partial charge is 0.323 e. The van der Waals surface area contributed by atoms with Crippen LogP contribution in [0.3, 0.4) is 0 Å². The quantitative estimate of drug-likeness (QED) is 0.490. The minimum absolute atomic E-state index is 0.282. The number of urea groups is 1. The predicted molar refractivity (Wildman–Crippen MR) is 104 cm³/mol. The summed E-state index contributed by atoms with van der Waals surface area (Å²) in [6, 6.07) is 22.6. The highest BCUT2D eigenvalue weighted by molar-refractivity contribution is 6.00. The molecule has 128 valence electrons. The average molecular weight is 343 g/mol. The van der Waals surface area contributed by atoms with E-state index in [1.165, 1.54) is 4.79 Å². The molecule has 4 aromatic rings. The molecule has 26 heavy (non-hydrogen) atoms. The SMILES string of the molecule is Nn1ncc2c(-c3ccc(NC(=O)Nc4ccccc4)cc3)cccc21. The van der Waals surface area contributed by atoms with Crippen LogP contribution in [-0.2, 0) is 0 Å². The second-order valence-corrected chi connectivity index (χ2v) is 5.85. The van der Waals surface area contributed by atoms with Crippen LogP contribution in [0, 0.1) is 0 Å². The lowest BCUT2D eigenvalue weighted by Gasteiger charge is -2.09. The first-order valence-corrected chi connectivity index (χ1v) is 8.16. The van der Waals surface area contributed by atoms with Crippen LogP contribution in [0.15, 0.2) is 79.0 Å². The number of aromatic nitrogens is 2. The largest absolute Gasteiger partial charge is 0.323 e. The number of hydrogen-bond acceptors (Lipinski definition) is 3. The van der Waals surface area contributed by atoms with E-state index >= 15 is 0 Å². The standard InChI is InChI=1S/C20H17N5O/c21-25-19-8-4-7-17(18(19)13-22-25)14-9-11-16(12-10-14)24-20(26)23-15-5-2-1-3-6-15/h1-13H,21H2,(H2,23,24,26). The van der Waals surface area contributed by atoms with Gasteiger partial charge in [0.25, 0.3) is 0 Å². The molecule has 3 aromatic carbocycles. The van der Waals surface area contributed by atoms with Crippen molar-refractivity contribution in [1.82, 2.24) is 9.89 Å². The number of benzene rings is 3. The van der Waals surface area contributed by atoms with Crippen LogP contribution < -0.4 is 16.5 Å². The van der Waals surface area contributed by atoms with E-state index in [4.69, 9.17) is 5.84 Å². The van der Waals surface area contributed by atoms with E-state index in [-0.39, 0.29) is 6.03 Å². The van der Waals surface area contributed by atoms with Crippen LogP contribution in [0.1, 0.15) is 0 Å². The Balaban J connectivity index is 1.52. The molecule has 2 amide bonds. The van der Waals surface area contributed by atoms with Crippen molar-refractivity contribution < 1.29 is 4.79 Å². The Morgan fingerprint density at radius 3 is 2.27 bits per heavy atom. The summed E-state index contributed by atoms with van der Waals surface area (Å²) < 4.78 is 0. The highest BCUT2D eigenvalue weighted by Gasteiger charge is 2.08. The first-order valence-electron chi connectivity index (χ1n) is 8.16. The van der Waals surface area contributed by atoms with Crippen molar-refractivity contribution in [3.63, 3.8) is 0 Å². The van der Waals surface area contributed by atoms with Gasteiger partial charge in [-0.05, 0) is 41.5 Å². The van der Waals surface area contributed by atoms with Gasteiger partial charge in [0.1, 0.15) is 0 Å². The molecule has 0 fully saturated rings. The molecule has 6 nitrogen and oxygen atoms in total. The van der Waals surface area contributed by atoms with E-state index in [1.54, 1.807) is 6.20 Å². The van der Waals surface area contributed by atoms with Crippen LogP contribution in [0.25, 0.3) is 22.0 Å². The summed E-state index contributed by atoms with van der Waals surface area (Å²) in [6.45, 7) is 0. The topological polar surface area (TPSA) is 85.0 Å². The summed E-state index contributed by atoms with van der Waals surface area (Å²) >= 11 is 0. The molecular formula is C20H17N5O. The van der Waals surface area contributed by atoms with Crippen LogP contribution in [-0.4, -0.2) is 15.9 Å². The third-order valence-electron chi connectivity index (χ3n) is 4.13. The van der Waals surface area contributed by atoms with Gasteiger partial charge in [0.15, 0.2) is 0 Å². The number of carbonyl (C=O) groups excluding carboxylic acids is 1. The van der Waals surface area contributed by atoms with Crippen molar-refractivity contribution in [2.45, 2.75) is 0 Å². The first-order chi connectivity index (χ1) is 12.7. The summed E-state index contributed by atoms with van der Waals surface area (Å²) in [4.78, 5) is 13.4. The lowest BCUT2D eigenvalue weighted by molar-refractivity contribution is 0.262. The molecule has 0 bridgehead atoms. The first kappa shape index (κ1) is 15.7. The Kier molecular flexibility index (Phi) is 3.99. The Bertz CT molecular complexity index is 1050. The summed E-state index contributed by atoms with van der Waals surface area (Å²) in [6.07, 6.45) is 1.75. The fourth-order valence-electron chi connectivity index (χ4n) is 2.87. The van der Waals surface area contributed by atoms with Gasteiger partial charge >= 0.3 is 6.03 Å². The zero-order valence-electron chi connectivity index (χ0n) is 13.9. The Hall–Kier alpha value is -3.80. The molecule has 0 saturated heterocycles. The van der Waals surface area contributed by atoms with E-state index in [0.29, 0.717) is 5.69 Å². The van der Waals surface area contributed by atoms with Crippen molar-refractivity contribution in [1.29, 1.82) is 0 Å². The minimum atomic E-state index is -0.282. The molecule has 0 aliphatic carbocycles. The Labute approximate surface area is 150 Å². The van der Waals surface area contributed by atoms with Crippen LogP contribution in [0.2, 0.25) is 0 Å². The maximum absolute atomic E-state index is 12.1. The van der Waals surface area contributed by atoms with Crippen molar-refractivity contribution >= 4 is 28.3 Å². The van der Waals surface area contributed by atoms with E-state index in [1.807, 2.05) is 72.8 Å². The van der Waals surface area contributed by atoms with Gasteiger partial charge < -0.3 is 16.5 Å². The molecule has 0 unspecified atom stereocenters. The van der Waals surface area contributed by atoms with E-state index in [0.717, 1.165) is 27.7 Å². The maximum atomic E-state index is 12.1. The lowest BCUT2D eigenvalue weighted by Crippen LogP contribution is -2.19. The number of amides is 2. The number of fused-ring (bicyclic) bond motifs is 1. The van der Waals surface area contributed by atoms with Crippen molar-refractivity contribution in [3.8, 4) is 11.1 Å². The molecule has 6 heteroatoms. The molecule has 4 N–H and O–H groups in total. The summed E-state index contributed by atoms with van der Waals surface area (Å²) in [5, 5.41) is 10.7. The molecular weight excluding hydrogens is 326 g/mol. The maximum Gasteiger partial charge on any atom is 0.323 e. The van der Waals surface area contributed by atoms with Gasteiger partial charge in [0.05, 0.1) is 11.7 Å². The summed E-state index contributed by atoms with van der Waals surface area (Å²) in [5.41, 5.74) is 4.39. The van der Waals surface area contributed by atoms with Crippen LogP contribution in [0.5, 0.6) is 0 Å². The number of carbonyl (C=O) groups is 1. The van der Waals surface area contributed by atoms with E-state index < -0.39 is 0 Å². The van der Waals surface area contributed by atoms with Crippen molar-refractivity contribution in [2.75, 3.05) is 16.5 Å². The molecule has 0 aliphatic rings. The van der Waals surface area contributed by atoms with E-state index in [9.17, 15) is 4.79 Å². The molecule has 0 radical (unpaired) electrons. The molecule has 0 saturated carbocycles. The van der Waals surface area contributed by atoms with Gasteiger partial charge in [0, 0.05) is 16.8 Å². The predicted octanol–water partition coefficient (Wildman–Crippen LogP) is 4.06. The van der Waals surface area contributed by atoms with Gasteiger partial charge in [-0.15, -0.1) is 0 Å². The minimum Gasteiger partial charge on any atom is -0.323 e. The zero-order chi connectivity index (χ0) is 17.9. The molecule has 1 aromatic heterocycles. The number of nitrogen functional groups attached to an aromatic ring is 1. The molecule has 1 heterocycles. The Morgan fingerprint density at radius 2 is 1.54 bits per heavy atom. The number of hydrogen-bond donors (Lipinski definition) is 3. The van der Waals surface area contributed by atoms with Gasteiger partial charge in [-0.1, -0.05) is 42.5 Å². The monoisotopic (exact) mass is 343 g/mol. The highest BCUT2D eigenvalue weighted by Crippen LogP contribution is 2.28. The number of nitrogens with zero attached hydrogens (tertiary/aromatic N) is 2. The van der Waals surface area contributed by atoms with Crippen molar-refractivity contribution in [3.05, 3.63) is 79.0 Å². The average Bonchev–Trinajstić information content (AvgIpc) is 3.04. The Morgan fingerprint density at radius 1 is 0.846 bits per heavy atom. The van der Waals surface area contributed by atoms with E-state index in [2.05, 4.69) is 15.7 Å². The third-order valence-corrected chi connectivity index (χ3v) is 4.13. The summed E-state index contributed by atoms with van der Waals surface area (Å²) in [7, 11) is 0. The second kappa shape index (κ2) is 6.60. The number of nitrogens with two attached hydrogens (primary N) is 1. The van der Waals surface area contributed by atoms with Gasteiger partial charge in [0.2, 0.25) is 0 Å². The third kappa shape index (κ3) is 3.08. The number of rotatable bonds is 3. The van der Waals surface area contributed by atoms with Crippen molar-refractivity contribution in [2.24, 2.45) is 0 Å². The molecule has 0 atom stereocenters. The van der Waals surface area contributed by atoms with Gasteiger partial charge in [-0.25, -0.2) is 4.79 Å². The number of para-hydroxylation sites is 1. The lowest BCUT2D eigenvalue weighted by atomic mass is 10.0. The second-order valence-electron chi connectivity index (χ2n) is 5.85. The number of anilines is 2. The fourth-order valence-corrected chi connectivity index (χ4v) is 2.87. The fraction of sp³-hybridized carbons (Fsp3) is 0. The summed E-state index contributed by atoms with van der Waals surface area (Å²) in [5.74, 6) is 5.82. The number of nitrogens with one attached hydrogen (secondary N) is 2.